The minimum atomic E-state index is 0.435. The molecule has 0 spiro atoms. The molecule has 0 aliphatic rings. The van der Waals surface area contributed by atoms with Gasteiger partial charge >= 0.3 is 0 Å². The summed E-state index contributed by atoms with van der Waals surface area (Å²) in [6.45, 7) is 12.1. The lowest BCUT2D eigenvalue weighted by atomic mass is 9.93. The molecule has 1 unspecified atom stereocenters. The lowest BCUT2D eigenvalue weighted by molar-refractivity contribution is 0.552. The molecule has 1 heterocycles. The number of benzene rings is 1. The normalized spacial score (nSPS) is 12.6. The van der Waals surface area contributed by atoms with E-state index in [0.717, 1.165) is 19.4 Å². The van der Waals surface area contributed by atoms with Crippen molar-refractivity contribution >= 4 is 11.3 Å². The van der Waals surface area contributed by atoms with E-state index in [9.17, 15) is 0 Å². The summed E-state index contributed by atoms with van der Waals surface area (Å²) < 4.78 is 0. The molecule has 0 amide bonds. The molecule has 0 aliphatic heterocycles. The molecule has 1 nitrogen and oxygen atoms in total. The van der Waals surface area contributed by atoms with Crippen LogP contribution in [0.4, 0.5) is 0 Å². The summed E-state index contributed by atoms with van der Waals surface area (Å²) in [6.07, 6.45) is 2.20. The molecule has 2 rings (SSSR count). The van der Waals surface area contributed by atoms with Crippen LogP contribution in [0.15, 0.2) is 23.6 Å². The van der Waals surface area contributed by atoms with Crippen LogP contribution < -0.4 is 5.32 Å². The quantitative estimate of drug-likeness (QED) is 0.780. The van der Waals surface area contributed by atoms with Crippen LogP contribution in [-0.4, -0.2) is 6.54 Å². The zero-order valence-electron chi connectivity index (χ0n) is 13.9. The van der Waals surface area contributed by atoms with Gasteiger partial charge in [0.2, 0.25) is 0 Å². The molecule has 1 aromatic heterocycles. The first-order chi connectivity index (χ1) is 10.1. The number of hydrogen-bond donors (Lipinski definition) is 1. The summed E-state index contributed by atoms with van der Waals surface area (Å²) >= 11 is 1.89. The summed E-state index contributed by atoms with van der Waals surface area (Å²) in [5.41, 5.74) is 7.20. The van der Waals surface area contributed by atoms with Gasteiger partial charge in [-0.1, -0.05) is 31.5 Å². The minimum absolute atomic E-state index is 0.435. The Hall–Kier alpha value is -1.12. The van der Waals surface area contributed by atoms with Crippen LogP contribution in [0, 0.1) is 20.8 Å². The number of likely N-dealkylation sites (N-methyl/N-ethyl adjacent to an activating group) is 1. The van der Waals surface area contributed by atoms with Crippen LogP contribution in [0.25, 0.3) is 0 Å². The third kappa shape index (κ3) is 3.75. The van der Waals surface area contributed by atoms with Gasteiger partial charge in [0.15, 0.2) is 0 Å². The van der Waals surface area contributed by atoms with Crippen molar-refractivity contribution in [3.63, 3.8) is 0 Å². The van der Waals surface area contributed by atoms with Gasteiger partial charge in [-0.15, -0.1) is 11.3 Å². The molecular weight excluding hydrogens is 274 g/mol. The Morgan fingerprint density at radius 1 is 1.10 bits per heavy atom. The van der Waals surface area contributed by atoms with Crippen molar-refractivity contribution in [3.8, 4) is 0 Å². The first kappa shape index (κ1) is 16.3. The van der Waals surface area contributed by atoms with E-state index < -0.39 is 0 Å². The van der Waals surface area contributed by atoms with Crippen LogP contribution in [0.3, 0.4) is 0 Å². The summed E-state index contributed by atoms with van der Waals surface area (Å²) in [5.74, 6) is 0. The second kappa shape index (κ2) is 7.24. The molecule has 0 saturated heterocycles. The van der Waals surface area contributed by atoms with E-state index in [-0.39, 0.29) is 0 Å². The van der Waals surface area contributed by atoms with Crippen LogP contribution in [0.2, 0.25) is 0 Å². The molecule has 2 aromatic rings. The Labute approximate surface area is 133 Å². The molecule has 1 atom stereocenters. The molecule has 2 heteroatoms. The Morgan fingerprint density at radius 3 is 2.33 bits per heavy atom. The zero-order chi connectivity index (χ0) is 15.4. The van der Waals surface area contributed by atoms with Crippen molar-refractivity contribution in [2.45, 2.75) is 53.5 Å². The highest BCUT2D eigenvalue weighted by molar-refractivity contribution is 7.10. The second-order valence-electron chi connectivity index (χ2n) is 5.86. The van der Waals surface area contributed by atoms with Crippen LogP contribution >= 0.6 is 11.3 Å². The van der Waals surface area contributed by atoms with Gasteiger partial charge in [0.1, 0.15) is 0 Å². The van der Waals surface area contributed by atoms with Crippen LogP contribution in [0.5, 0.6) is 0 Å². The van der Waals surface area contributed by atoms with Crippen LogP contribution in [0.1, 0.15) is 52.6 Å². The van der Waals surface area contributed by atoms with Crippen molar-refractivity contribution in [1.29, 1.82) is 0 Å². The average molecular weight is 301 g/mol. The van der Waals surface area contributed by atoms with E-state index in [0.29, 0.717) is 6.04 Å². The highest BCUT2D eigenvalue weighted by atomic mass is 32.1. The van der Waals surface area contributed by atoms with Gasteiger partial charge in [0, 0.05) is 10.9 Å². The molecule has 0 radical (unpaired) electrons. The van der Waals surface area contributed by atoms with Gasteiger partial charge in [0.05, 0.1) is 0 Å². The molecule has 21 heavy (non-hydrogen) atoms. The Bertz CT molecular complexity index is 574. The molecule has 0 aliphatic carbocycles. The maximum absolute atomic E-state index is 3.69. The first-order valence-corrected chi connectivity index (χ1v) is 8.81. The number of hydrogen-bond acceptors (Lipinski definition) is 2. The maximum atomic E-state index is 3.69. The van der Waals surface area contributed by atoms with Crippen molar-refractivity contribution in [3.05, 3.63) is 56.3 Å². The number of rotatable bonds is 6. The van der Waals surface area contributed by atoms with E-state index >= 15 is 0 Å². The van der Waals surface area contributed by atoms with Gasteiger partial charge in [-0.25, -0.2) is 0 Å². The third-order valence-electron chi connectivity index (χ3n) is 4.18. The third-order valence-corrected chi connectivity index (χ3v) is 5.25. The van der Waals surface area contributed by atoms with E-state index in [1.54, 1.807) is 0 Å². The van der Waals surface area contributed by atoms with Gasteiger partial charge in [-0.2, -0.15) is 0 Å². The maximum Gasteiger partial charge on any atom is 0.0458 e. The molecule has 114 valence electrons. The topological polar surface area (TPSA) is 12.0 Å². The lowest BCUT2D eigenvalue weighted by Gasteiger charge is -2.21. The largest absolute Gasteiger partial charge is 0.309 e. The Balaban J connectivity index is 2.33. The van der Waals surface area contributed by atoms with E-state index in [1.165, 1.54) is 32.7 Å². The smallest absolute Gasteiger partial charge is 0.0458 e. The fourth-order valence-corrected chi connectivity index (χ4v) is 4.26. The Kier molecular flexibility index (Phi) is 5.60. The molecular formula is C19H27NS. The summed E-state index contributed by atoms with van der Waals surface area (Å²) in [5, 5.41) is 5.92. The SMILES string of the molecule is CCNC(Cc1c(C)cc(C)cc1C)c1sccc1CC. The van der Waals surface area contributed by atoms with Gasteiger partial charge in [-0.3, -0.25) is 0 Å². The fraction of sp³-hybridized carbons (Fsp3) is 0.474. The van der Waals surface area contributed by atoms with Gasteiger partial charge in [-0.05, 0) is 73.9 Å². The highest BCUT2D eigenvalue weighted by Gasteiger charge is 2.18. The van der Waals surface area contributed by atoms with Crippen molar-refractivity contribution < 1.29 is 0 Å². The van der Waals surface area contributed by atoms with Crippen LogP contribution in [-0.2, 0) is 12.8 Å². The average Bonchev–Trinajstić information content (AvgIpc) is 2.89. The highest BCUT2D eigenvalue weighted by Crippen LogP contribution is 2.30. The number of aryl methyl sites for hydroxylation is 4. The van der Waals surface area contributed by atoms with E-state index in [2.05, 4.69) is 63.5 Å². The zero-order valence-corrected chi connectivity index (χ0v) is 14.7. The second-order valence-corrected chi connectivity index (χ2v) is 6.80. The van der Waals surface area contributed by atoms with Crippen molar-refractivity contribution in [2.24, 2.45) is 0 Å². The minimum Gasteiger partial charge on any atom is -0.309 e. The standard InChI is InChI=1S/C19H27NS/c1-6-16-8-9-21-19(16)18(20-7-2)12-17-14(4)10-13(3)11-15(17)5/h8-11,18,20H,6-7,12H2,1-5H3. The van der Waals surface area contributed by atoms with E-state index in [4.69, 9.17) is 0 Å². The lowest BCUT2D eigenvalue weighted by Crippen LogP contribution is -2.23. The monoisotopic (exact) mass is 301 g/mol. The molecule has 0 bridgehead atoms. The van der Waals surface area contributed by atoms with Crippen molar-refractivity contribution in [2.75, 3.05) is 6.54 Å². The van der Waals surface area contributed by atoms with Crippen molar-refractivity contribution in [1.82, 2.24) is 5.32 Å². The molecule has 1 aromatic carbocycles. The number of thiophene rings is 1. The summed E-state index contributed by atoms with van der Waals surface area (Å²) in [7, 11) is 0. The first-order valence-electron chi connectivity index (χ1n) is 7.93. The van der Waals surface area contributed by atoms with Gasteiger partial charge in [0.25, 0.3) is 0 Å². The van der Waals surface area contributed by atoms with Gasteiger partial charge < -0.3 is 5.32 Å². The summed E-state index contributed by atoms with van der Waals surface area (Å²) in [4.78, 5) is 1.51. The number of nitrogens with one attached hydrogen (secondary N) is 1. The molecule has 0 fully saturated rings. The molecule has 1 N–H and O–H groups in total. The summed E-state index contributed by atoms with van der Waals surface area (Å²) in [6, 6.07) is 7.32. The predicted octanol–water partition coefficient (Wildman–Crippen LogP) is 5.13. The Morgan fingerprint density at radius 2 is 1.76 bits per heavy atom. The van der Waals surface area contributed by atoms with E-state index in [1.807, 2.05) is 11.3 Å². The predicted molar refractivity (Wildman–Crippen MR) is 94.5 cm³/mol. The fourth-order valence-electron chi connectivity index (χ4n) is 3.19. The molecule has 0 saturated carbocycles.